The van der Waals surface area contributed by atoms with Gasteiger partial charge in [0.05, 0.1) is 12.2 Å². The number of unbranched alkanes of at least 4 members (excludes halogenated alkanes) is 1. The van der Waals surface area contributed by atoms with E-state index in [0.29, 0.717) is 30.0 Å². The van der Waals surface area contributed by atoms with Crippen LogP contribution in [0.25, 0.3) is 0 Å². The normalized spacial score (nSPS) is 13.0. The molecule has 1 aromatic rings. The number of ether oxygens (including phenoxy) is 2. The lowest BCUT2D eigenvalue weighted by Crippen LogP contribution is -2.41. The molecule has 1 N–H and O–H groups in total. The molecule has 0 fully saturated rings. The summed E-state index contributed by atoms with van der Waals surface area (Å²) in [6.07, 6.45) is 3.43. The van der Waals surface area contributed by atoms with Gasteiger partial charge in [0, 0.05) is 12.8 Å². The van der Waals surface area contributed by atoms with E-state index in [9.17, 15) is 10.1 Å². The number of anilines is 1. The highest BCUT2D eigenvalue weighted by atomic mass is 16.5. The summed E-state index contributed by atoms with van der Waals surface area (Å²) in [4.78, 5) is 12.4. The molecule has 0 bridgehead atoms. The number of rotatable bonds is 9. The van der Waals surface area contributed by atoms with E-state index in [4.69, 9.17) is 9.47 Å². The highest BCUT2D eigenvalue weighted by Gasteiger charge is 2.32. The van der Waals surface area contributed by atoms with Crippen LogP contribution >= 0.6 is 0 Å². The van der Waals surface area contributed by atoms with E-state index in [1.807, 2.05) is 6.92 Å². The third-order valence-corrected chi connectivity index (χ3v) is 3.77. The monoisotopic (exact) mass is 318 g/mol. The lowest BCUT2D eigenvalue weighted by atomic mass is 9.99. The summed E-state index contributed by atoms with van der Waals surface area (Å²) < 4.78 is 11.0. The van der Waals surface area contributed by atoms with E-state index in [1.54, 1.807) is 25.1 Å². The van der Waals surface area contributed by atoms with Crippen molar-refractivity contribution >= 4 is 11.6 Å². The van der Waals surface area contributed by atoms with E-state index < -0.39 is 5.60 Å². The van der Waals surface area contributed by atoms with Crippen LogP contribution in [0, 0.1) is 11.3 Å². The lowest BCUT2D eigenvalue weighted by Gasteiger charge is -2.26. The Bertz CT molecular complexity index is 566. The van der Waals surface area contributed by atoms with Gasteiger partial charge in [0.2, 0.25) is 0 Å². The molecule has 5 nitrogen and oxygen atoms in total. The molecule has 0 heterocycles. The maximum Gasteiger partial charge on any atom is 0.256 e. The van der Waals surface area contributed by atoms with Crippen molar-refractivity contribution in [3.63, 3.8) is 0 Å². The van der Waals surface area contributed by atoms with Crippen molar-refractivity contribution in [2.24, 2.45) is 0 Å². The maximum atomic E-state index is 12.4. The molecule has 23 heavy (non-hydrogen) atoms. The Hall–Kier alpha value is -2.06. The molecule has 0 aliphatic carbocycles. The van der Waals surface area contributed by atoms with E-state index >= 15 is 0 Å². The molecule has 0 aliphatic rings. The largest absolute Gasteiger partial charge is 0.492 e. The van der Waals surface area contributed by atoms with Gasteiger partial charge in [-0.1, -0.05) is 26.7 Å². The molecule has 0 saturated heterocycles. The number of nitrogens with one attached hydrogen (secondary N) is 1. The van der Waals surface area contributed by atoms with Crippen LogP contribution in [0.5, 0.6) is 5.75 Å². The van der Waals surface area contributed by atoms with Crippen LogP contribution < -0.4 is 10.1 Å². The SMILES string of the molecule is CCCCOc1ccc(NC(=O)[C@@](C)(CCC)OC)cc1C#N. The predicted octanol–water partition coefficient (Wildman–Crippen LogP) is 3.88. The summed E-state index contributed by atoms with van der Waals surface area (Å²) in [7, 11) is 1.53. The molecular formula is C18H26N2O3. The van der Waals surface area contributed by atoms with Gasteiger partial charge in [-0.25, -0.2) is 0 Å². The van der Waals surface area contributed by atoms with Crippen LogP contribution in [0.2, 0.25) is 0 Å². The van der Waals surface area contributed by atoms with Gasteiger partial charge < -0.3 is 14.8 Å². The van der Waals surface area contributed by atoms with Crippen LogP contribution in [0.1, 0.15) is 52.0 Å². The first kappa shape index (κ1) is 19.0. The van der Waals surface area contributed by atoms with Crippen LogP contribution in [0.3, 0.4) is 0 Å². The summed E-state index contributed by atoms with van der Waals surface area (Å²) in [5, 5.41) is 12.1. The Balaban J connectivity index is 2.86. The maximum absolute atomic E-state index is 12.4. The zero-order chi connectivity index (χ0) is 17.3. The number of nitrogens with zero attached hydrogens (tertiary/aromatic N) is 1. The number of amides is 1. The highest BCUT2D eigenvalue weighted by Crippen LogP contribution is 2.24. The first-order valence-electron chi connectivity index (χ1n) is 8.04. The fourth-order valence-electron chi connectivity index (χ4n) is 2.20. The zero-order valence-corrected chi connectivity index (χ0v) is 14.4. The third-order valence-electron chi connectivity index (χ3n) is 3.77. The Labute approximate surface area is 138 Å². The molecule has 1 rings (SSSR count). The molecule has 0 aliphatic heterocycles. The quantitative estimate of drug-likeness (QED) is 0.701. The van der Waals surface area contributed by atoms with E-state index in [1.165, 1.54) is 7.11 Å². The lowest BCUT2D eigenvalue weighted by molar-refractivity contribution is -0.136. The van der Waals surface area contributed by atoms with E-state index in [0.717, 1.165) is 19.3 Å². The van der Waals surface area contributed by atoms with E-state index in [2.05, 4.69) is 18.3 Å². The van der Waals surface area contributed by atoms with Crippen molar-refractivity contribution in [2.45, 2.75) is 52.1 Å². The number of carbonyl (C=O) groups is 1. The van der Waals surface area contributed by atoms with Gasteiger partial charge in [-0.05, 0) is 38.0 Å². The van der Waals surface area contributed by atoms with E-state index in [-0.39, 0.29) is 5.91 Å². The van der Waals surface area contributed by atoms with Crippen LogP contribution in [-0.4, -0.2) is 25.2 Å². The number of carbonyl (C=O) groups excluding carboxylic acids is 1. The Kier molecular flexibility index (Phi) is 7.56. The van der Waals surface area contributed by atoms with Gasteiger partial charge >= 0.3 is 0 Å². The Morgan fingerprint density at radius 3 is 2.65 bits per heavy atom. The second kappa shape index (κ2) is 9.16. The number of benzene rings is 1. The second-order valence-electron chi connectivity index (χ2n) is 5.66. The summed E-state index contributed by atoms with van der Waals surface area (Å²) in [5.74, 6) is 0.326. The fraction of sp³-hybridized carbons (Fsp3) is 0.556. The van der Waals surface area contributed by atoms with Crippen LogP contribution in [0.4, 0.5) is 5.69 Å². The van der Waals surface area contributed by atoms with Crippen molar-refractivity contribution in [1.29, 1.82) is 5.26 Å². The van der Waals surface area contributed by atoms with Crippen LogP contribution in [-0.2, 0) is 9.53 Å². The third kappa shape index (κ3) is 5.26. The minimum absolute atomic E-state index is 0.217. The minimum atomic E-state index is -0.877. The number of hydrogen-bond donors (Lipinski definition) is 1. The number of hydrogen-bond acceptors (Lipinski definition) is 4. The van der Waals surface area contributed by atoms with Gasteiger partial charge in [-0.2, -0.15) is 5.26 Å². The van der Waals surface area contributed by atoms with Crippen molar-refractivity contribution in [1.82, 2.24) is 0 Å². The summed E-state index contributed by atoms with van der Waals surface area (Å²) >= 11 is 0. The predicted molar refractivity (Wildman–Crippen MR) is 90.5 cm³/mol. The van der Waals surface area contributed by atoms with Crippen molar-refractivity contribution < 1.29 is 14.3 Å². The molecule has 0 radical (unpaired) electrons. The van der Waals surface area contributed by atoms with Crippen molar-refractivity contribution in [3.05, 3.63) is 23.8 Å². The van der Waals surface area contributed by atoms with Crippen molar-refractivity contribution in [2.75, 3.05) is 19.0 Å². The van der Waals surface area contributed by atoms with Gasteiger partial charge in [-0.3, -0.25) is 4.79 Å². The number of nitriles is 1. The summed E-state index contributed by atoms with van der Waals surface area (Å²) in [5.41, 5.74) is 0.0972. The number of methoxy groups -OCH3 is 1. The van der Waals surface area contributed by atoms with Crippen LogP contribution in [0.15, 0.2) is 18.2 Å². The fourth-order valence-corrected chi connectivity index (χ4v) is 2.20. The average molecular weight is 318 g/mol. The summed E-state index contributed by atoms with van der Waals surface area (Å²) in [6, 6.07) is 7.19. The Morgan fingerprint density at radius 2 is 2.09 bits per heavy atom. The zero-order valence-electron chi connectivity index (χ0n) is 14.4. The Morgan fingerprint density at radius 1 is 1.35 bits per heavy atom. The molecule has 0 spiro atoms. The molecule has 126 valence electrons. The summed E-state index contributed by atoms with van der Waals surface area (Å²) in [6.45, 7) is 6.42. The topological polar surface area (TPSA) is 71.3 Å². The molecule has 1 atom stereocenters. The van der Waals surface area contributed by atoms with Gasteiger partial charge in [0.1, 0.15) is 17.4 Å². The van der Waals surface area contributed by atoms with Crippen molar-refractivity contribution in [3.8, 4) is 11.8 Å². The molecule has 0 saturated carbocycles. The molecule has 5 heteroatoms. The second-order valence-corrected chi connectivity index (χ2v) is 5.66. The minimum Gasteiger partial charge on any atom is -0.492 e. The smallest absolute Gasteiger partial charge is 0.256 e. The first-order valence-corrected chi connectivity index (χ1v) is 8.04. The molecular weight excluding hydrogens is 292 g/mol. The van der Waals surface area contributed by atoms with Gasteiger partial charge in [0.15, 0.2) is 0 Å². The molecule has 1 amide bonds. The molecule has 0 unspecified atom stereocenters. The first-order chi connectivity index (χ1) is 11.0. The molecule has 0 aromatic heterocycles. The van der Waals surface area contributed by atoms with Gasteiger partial charge in [0.25, 0.3) is 5.91 Å². The van der Waals surface area contributed by atoms with Gasteiger partial charge in [-0.15, -0.1) is 0 Å². The molecule has 1 aromatic carbocycles. The highest BCUT2D eigenvalue weighted by molar-refractivity contribution is 5.97. The standard InChI is InChI=1S/C18H26N2O3/c1-5-7-11-23-16-9-8-15(12-14(16)13-19)20-17(21)18(3,22-4)10-6-2/h8-9,12H,5-7,10-11H2,1-4H3,(H,20,21)/t18-/m1/s1. The average Bonchev–Trinajstić information content (AvgIpc) is 2.56.